The van der Waals surface area contributed by atoms with E-state index in [9.17, 15) is 4.79 Å². The number of carbonyl (C=O) groups is 1. The summed E-state index contributed by atoms with van der Waals surface area (Å²) in [7, 11) is 1.88. The van der Waals surface area contributed by atoms with E-state index in [2.05, 4.69) is 0 Å². The van der Waals surface area contributed by atoms with Crippen LogP contribution in [0, 0.1) is 5.92 Å². The van der Waals surface area contributed by atoms with Gasteiger partial charge in [0.15, 0.2) is 17.3 Å². The number of allylic oxidation sites excluding steroid dienone is 1. The molecule has 9 nitrogen and oxygen atoms in total. The highest BCUT2D eigenvalue weighted by Gasteiger charge is 2.40. The highest BCUT2D eigenvalue weighted by atomic mass is 16.7. The zero-order valence-electron chi connectivity index (χ0n) is 22.1. The van der Waals surface area contributed by atoms with Crippen molar-refractivity contribution in [1.29, 1.82) is 0 Å². The van der Waals surface area contributed by atoms with Gasteiger partial charge < -0.3 is 38.4 Å². The molecular formula is C28H41NO8. The molecule has 9 heteroatoms. The Morgan fingerprint density at radius 1 is 1.05 bits per heavy atom. The number of aliphatic hydroxyl groups excluding tert-OH is 1. The maximum atomic E-state index is 13.6. The fraction of sp³-hybridized carbons (Fsp3) is 0.679. The molecule has 2 aliphatic heterocycles. The zero-order valence-corrected chi connectivity index (χ0v) is 22.1. The molecule has 1 fully saturated rings. The van der Waals surface area contributed by atoms with Crippen LogP contribution in [-0.2, 0) is 23.7 Å². The lowest BCUT2D eigenvalue weighted by Gasteiger charge is -2.39. The molecule has 3 atom stereocenters. The summed E-state index contributed by atoms with van der Waals surface area (Å²) in [5, 5.41) is 8.84. The third-order valence-electron chi connectivity index (χ3n) is 7.35. The van der Waals surface area contributed by atoms with Crippen molar-refractivity contribution < 1.29 is 38.3 Å². The maximum absolute atomic E-state index is 13.6. The number of aliphatic hydroxyl groups is 1. The van der Waals surface area contributed by atoms with E-state index in [-0.39, 0.29) is 37.2 Å². The molecule has 3 aliphatic rings. The lowest BCUT2D eigenvalue weighted by atomic mass is 9.81. The van der Waals surface area contributed by atoms with Gasteiger partial charge >= 0.3 is 0 Å². The number of carbonyl (C=O) groups excluding carboxylic acids is 1. The fourth-order valence-corrected chi connectivity index (χ4v) is 5.34. The van der Waals surface area contributed by atoms with Gasteiger partial charge in [-0.05, 0) is 50.0 Å². The Morgan fingerprint density at radius 3 is 2.57 bits per heavy atom. The van der Waals surface area contributed by atoms with Gasteiger partial charge in [-0.1, -0.05) is 25.3 Å². The average Bonchev–Trinajstić information content (AvgIpc) is 3.41. The molecule has 1 aromatic rings. The van der Waals surface area contributed by atoms with Gasteiger partial charge in [0.1, 0.15) is 0 Å². The molecule has 0 bridgehead atoms. The SMILES string of the molecule is CCO[C@H]1OC(C(=O)N(C)C2CCCCC2)=C[C@@H](c2ccc3c(c2)OCO3)[C@H]1CCOCCOCCO. The Bertz CT molecular complexity index is 900. The summed E-state index contributed by atoms with van der Waals surface area (Å²) in [6.45, 7) is 4.24. The van der Waals surface area contributed by atoms with E-state index in [1.807, 2.05) is 43.1 Å². The molecule has 1 aliphatic carbocycles. The molecule has 1 N–H and O–H groups in total. The monoisotopic (exact) mass is 519 g/mol. The number of nitrogens with zero attached hydrogens (tertiary/aromatic N) is 1. The minimum atomic E-state index is -0.585. The van der Waals surface area contributed by atoms with E-state index < -0.39 is 6.29 Å². The topological polar surface area (TPSA) is 95.9 Å². The summed E-state index contributed by atoms with van der Waals surface area (Å²) < 4.78 is 34.5. The van der Waals surface area contributed by atoms with Crippen molar-refractivity contribution in [3.05, 3.63) is 35.6 Å². The van der Waals surface area contributed by atoms with Crippen LogP contribution in [0.5, 0.6) is 11.5 Å². The molecule has 0 saturated heterocycles. The molecule has 37 heavy (non-hydrogen) atoms. The number of hydrogen-bond acceptors (Lipinski definition) is 8. The second kappa shape index (κ2) is 14.0. The third-order valence-corrected chi connectivity index (χ3v) is 7.35. The minimum absolute atomic E-state index is 0.00398. The molecule has 1 amide bonds. The molecule has 2 heterocycles. The van der Waals surface area contributed by atoms with Crippen LogP contribution in [0.15, 0.2) is 30.0 Å². The summed E-state index contributed by atoms with van der Waals surface area (Å²) in [5.74, 6) is 1.45. The molecule has 1 aromatic carbocycles. The van der Waals surface area contributed by atoms with Gasteiger partial charge in [-0.15, -0.1) is 0 Å². The first kappa shape index (κ1) is 27.7. The van der Waals surface area contributed by atoms with Crippen LogP contribution in [0.25, 0.3) is 0 Å². The van der Waals surface area contributed by atoms with Crippen molar-refractivity contribution in [2.75, 3.05) is 53.5 Å². The first-order chi connectivity index (χ1) is 18.1. The molecule has 206 valence electrons. The molecule has 4 rings (SSSR count). The number of rotatable bonds is 13. The first-order valence-corrected chi connectivity index (χ1v) is 13.6. The molecule has 0 aromatic heterocycles. The Hall–Kier alpha value is -2.33. The molecule has 1 saturated carbocycles. The largest absolute Gasteiger partial charge is 0.459 e. The van der Waals surface area contributed by atoms with Gasteiger partial charge in [0, 0.05) is 38.1 Å². The van der Waals surface area contributed by atoms with Crippen molar-refractivity contribution in [3.8, 4) is 11.5 Å². The Balaban J connectivity index is 1.54. The van der Waals surface area contributed by atoms with Crippen LogP contribution in [0.4, 0.5) is 0 Å². The second-order valence-corrected chi connectivity index (χ2v) is 9.72. The lowest BCUT2D eigenvalue weighted by molar-refractivity contribution is -0.172. The van der Waals surface area contributed by atoms with Crippen LogP contribution in [0.1, 0.15) is 56.9 Å². The van der Waals surface area contributed by atoms with Gasteiger partial charge in [-0.25, -0.2) is 0 Å². The van der Waals surface area contributed by atoms with Crippen LogP contribution >= 0.6 is 0 Å². The highest BCUT2D eigenvalue weighted by Crippen LogP contribution is 2.43. The normalized spacial score (nSPS) is 23.4. The highest BCUT2D eigenvalue weighted by molar-refractivity contribution is 5.92. The standard InChI is InChI=1S/C28H41NO8/c1-3-34-28-22(11-13-32-15-16-33-14-12-30)23(20-9-10-24-25(17-20)36-19-35-24)18-26(37-28)27(31)29(2)21-7-5-4-6-8-21/h9-10,17-18,21-23,28,30H,3-8,11-16,19H2,1-2H3/t22-,23+,28+/m1/s1. The zero-order chi connectivity index (χ0) is 26.0. The maximum Gasteiger partial charge on any atom is 0.288 e. The number of hydrogen-bond donors (Lipinski definition) is 1. The summed E-state index contributed by atoms with van der Waals surface area (Å²) >= 11 is 0. The van der Waals surface area contributed by atoms with Gasteiger partial charge in [0.2, 0.25) is 13.1 Å². The van der Waals surface area contributed by atoms with E-state index in [0.29, 0.717) is 51.0 Å². The fourth-order valence-electron chi connectivity index (χ4n) is 5.34. The number of fused-ring (bicyclic) bond motifs is 1. The van der Waals surface area contributed by atoms with Crippen molar-refractivity contribution in [2.45, 2.75) is 63.7 Å². The van der Waals surface area contributed by atoms with Crippen molar-refractivity contribution in [3.63, 3.8) is 0 Å². The average molecular weight is 520 g/mol. The van der Waals surface area contributed by atoms with Gasteiger partial charge in [0.05, 0.1) is 26.4 Å². The molecule has 0 radical (unpaired) electrons. The summed E-state index contributed by atoms with van der Waals surface area (Å²) in [4.78, 5) is 15.4. The molecular weight excluding hydrogens is 478 g/mol. The number of amides is 1. The van der Waals surface area contributed by atoms with E-state index in [0.717, 1.165) is 37.0 Å². The number of ether oxygens (including phenoxy) is 6. The molecule has 0 unspecified atom stereocenters. The van der Waals surface area contributed by atoms with E-state index in [4.69, 9.17) is 33.5 Å². The minimum Gasteiger partial charge on any atom is -0.459 e. The second-order valence-electron chi connectivity index (χ2n) is 9.72. The van der Waals surface area contributed by atoms with Crippen LogP contribution in [0.3, 0.4) is 0 Å². The van der Waals surface area contributed by atoms with Crippen LogP contribution < -0.4 is 9.47 Å². The van der Waals surface area contributed by atoms with Crippen molar-refractivity contribution >= 4 is 5.91 Å². The van der Waals surface area contributed by atoms with Gasteiger partial charge in [0.25, 0.3) is 5.91 Å². The van der Waals surface area contributed by atoms with E-state index in [1.165, 1.54) is 6.42 Å². The predicted molar refractivity (Wildman–Crippen MR) is 136 cm³/mol. The molecule has 0 spiro atoms. The summed E-state index contributed by atoms with van der Waals surface area (Å²) in [5.41, 5.74) is 1.01. The smallest absolute Gasteiger partial charge is 0.288 e. The first-order valence-electron chi connectivity index (χ1n) is 13.6. The quantitative estimate of drug-likeness (QED) is 0.395. The Kier molecular flexibility index (Phi) is 10.5. The predicted octanol–water partition coefficient (Wildman–Crippen LogP) is 3.60. The summed E-state index contributed by atoms with van der Waals surface area (Å²) in [6, 6.07) is 6.16. The summed E-state index contributed by atoms with van der Waals surface area (Å²) in [6.07, 6.45) is 7.61. The van der Waals surface area contributed by atoms with E-state index in [1.54, 1.807) is 0 Å². The Morgan fingerprint density at radius 2 is 1.81 bits per heavy atom. The van der Waals surface area contributed by atoms with Crippen molar-refractivity contribution in [1.82, 2.24) is 4.90 Å². The van der Waals surface area contributed by atoms with Gasteiger partial charge in [-0.3, -0.25) is 4.79 Å². The number of benzene rings is 1. The number of likely N-dealkylation sites (N-methyl/N-ethyl adjacent to an activating group) is 1. The Labute approximate surface area is 219 Å². The van der Waals surface area contributed by atoms with E-state index >= 15 is 0 Å². The van der Waals surface area contributed by atoms with Crippen molar-refractivity contribution in [2.24, 2.45) is 5.92 Å². The third kappa shape index (κ3) is 7.16. The van der Waals surface area contributed by atoms with Crippen LogP contribution in [0.2, 0.25) is 0 Å². The lowest BCUT2D eigenvalue weighted by Crippen LogP contribution is -2.43. The van der Waals surface area contributed by atoms with Gasteiger partial charge in [-0.2, -0.15) is 0 Å². The van der Waals surface area contributed by atoms with Crippen LogP contribution in [-0.4, -0.2) is 81.7 Å².